The highest BCUT2D eigenvalue weighted by molar-refractivity contribution is 5.89. The van der Waals surface area contributed by atoms with Crippen molar-refractivity contribution in [3.63, 3.8) is 0 Å². The molecule has 0 unspecified atom stereocenters. The molecule has 0 radical (unpaired) electrons. The lowest BCUT2D eigenvalue weighted by molar-refractivity contribution is -0.144. The first kappa shape index (κ1) is 20.1. The van der Waals surface area contributed by atoms with Gasteiger partial charge in [0, 0.05) is 48.5 Å². The molecule has 33 heavy (non-hydrogen) atoms. The highest BCUT2D eigenvalue weighted by Crippen LogP contribution is 2.36. The van der Waals surface area contributed by atoms with Crippen molar-refractivity contribution in [2.45, 2.75) is 38.0 Å². The average molecular weight is 454 g/mol. The van der Waals surface area contributed by atoms with Crippen molar-refractivity contribution in [3.8, 4) is 11.3 Å². The Labute approximate surface area is 185 Å². The predicted octanol–water partition coefficient (Wildman–Crippen LogP) is 4.94. The summed E-state index contributed by atoms with van der Waals surface area (Å²) < 4.78 is 56.3. The van der Waals surface area contributed by atoms with Gasteiger partial charge in [-0.25, -0.2) is 14.4 Å². The van der Waals surface area contributed by atoms with Crippen molar-refractivity contribution in [1.82, 2.24) is 24.7 Å². The Bertz CT molecular complexity index is 1380. The summed E-state index contributed by atoms with van der Waals surface area (Å²) in [6, 6.07) is 7.91. The third-order valence-corrected chi connectivity index (χ3v) is 6.06. The van der Waals surface area contributed by atoms with E-state index in [9.17, 15) is 17.6 Å². The molecule has 168 valence electrons. The van der Waals surface area contributed by atoms with E-state index in [1.807, 2.05) is 23.0 Å². The first-order valence-electron chi connectivity index (χ1n) is 10.7. The fourth-order valence-corrected chi connectivity index (χ4v) is 4.23. The fraction of sp³-hybridized carbons (Fsp3) is 0.304. The van der Waals surface area contributed by atoms with Crippen LogP contribution in [0.25, 0.3) is 22.2 Å². The summed E-state index contributed by atoms with van der Waals surface area (Å²) in [5.41, 5.74) is 3.48. The van der Waals surface area contributed by atoms with Gasteiger partial charge in [0.25, 0.3) is 0 Å². The van der Waals surface area contributed by atoms with E-state index in [1.165, 1.54) is 12.1 Å². The van der Waals surface area contributed by atoms with Gasteiger partial charge in [-0.3, -0.25) is 9.67 Å². The molecule has 0 bridgehead atoms. The number of rotatable bonds is 3. The summed E-state index contributed by atoms with van der Waals surface area (Å²) >= 11 is 0. The van der Waals surface area contributed by atoms with E-state index in [0.29, 0.717) is 25.6 Å². The van der Waals surface area contributed by atoms with Crippen molar-refractivity contribution in [3.05, 3.63) is 65.6 Å². The van der Waals surface area contributed by atoms with Gasteiger partial charge in [-0.2, -0.15) is 18.3 Å². The van der Waals surface area contributed by atoms with Gasteiger partial charge in [-0.05, 0) is 48.7 Å². The van der Waals surface area contributed by atoms with Crippen molar-refractivity contribution in [1.29, 1.82) is 0 Å². The number of fused-ring (bicyclic) bond motifs is 2. The van der Waals surface area contributed by atoms with Gasteiger partial charge < -0.3 is 4.90 Å². The zero-order valence-electron chi connectivity index (χ0n) is 17.3. The van der Waals surface area contributed by atoms with Crippen LogP contribution in [0.3, 0.4) is 0 Å². The van der Waals surface area contributed by atoms with Gasteiger partial charge in [0.2, 0.25) is 5.82 Å². The third-order valence-electron chi connectivity index (χ3n) is 6.06. The van der Waals surface area contributed by atoms with E-state index in [4.69, 9.17) is 0 Å². The second-order valence-electron chi connectivity index (χ2n) is 8.44. The summed E-state index contributed by atoms with van der Waals surface area (Å²) in [4.78, 5) is 13.7. The quantitative estimate of drug-likeness (QED) is 0.410. The first-order valence-corrected chi connectivity index (χ1v) is 10.7. The maximum Gasteiger partial charge on any atom is 0.451 e. The van der Waals surface area contributed by atoms with Gasteiger partial charge in [0.15, 0.2) is 0 Å². The van der Waals surface area contributed by atoms with Crippen LogP contribution in [0.2, 0.25) is 0 Å². The van der Waals surface area contributed by atoms with E-state index in [-0.39, 0.29) is 16.7 Å². The Hall–Kier alpha value is -3.56. The third kappa shape index (κ3) is 3.69. The molecule has 0 spiro atoms. The van der Waals surface area contributed by atoms with Crippen LogP contribution in [0.15, 0.2) is 42.7 Å². The fourth-order valence-electron chi connectivity index (χ4n) is 4.23. The Kier molecular flexibility index (Phi) is 4.40. The van der Waals surface area contributed by atoms with Gasteiger partial charge in [-0.15, -0.1) is 0 Å². The van der Waals surface area contributed by atoms with Crippen molar-refractivity contribution in [2.75, 3.05) is 11.4 Å². The van der Waals surface area contributed by atoms with Crippen LogP contribution in [0.1, 0.15) is 36.0 Å². The van der Waals surface area contributed by atoms with Crippen molar-refractivity contribution < 1.29 is 17.6 Å². The number of alkyl halides is 3. The molecule has 3 aromatic heterocycles. The molecule has 1 aliphatic heterocycles. The number of hydrogen-bond acceptors (Lipinski definition) is 5. The number of benzene rings is 1. The predicted molar refractivity (Wildman–Crippen MR) is 113 cm³/mol. The molecule has 0 saturated heterocycles. The normalized spacial score (nSPS) is 16.3. The molecule has 1 aromatic carbocycles. The molecule has 1 saturated carbocycles. The van der Waals surface area contributed by atoms with Crippen LogP contribution in [-0.2, 0) is 19.1 Å². The molecule has 1 aliphatic carbocycles. The second-order valence-corrected chi connectivity index (χ2v) is 8.44. The molecule has 2 aliphatic rings. The minimum absolute atomic E-state index is 0.0528. The van der Waals surface area contributed by atoms with Crippen LogP contribution >= 0.6 is 0 Å². The smallest absolute Gasteiger partial charge is 0.351 e. The molecule has 10 heteroatoms. The Morgan fingerprint density at radius 2 is 1.88 bits per heavy atom. The average Bonchev–Trinajstić information content (AvgIpc) is 3.53. The van der Waals surface area contributed by atoms with E-state index in [2.05, 4.69) is 20.1 Å². The second kappa shape index (κ2) is 7.23. The molecule has 4 heterocycles. The summed E-state index contributed by atoms with van der Waals surface area (Å²) in [6.07, 6.45) is 1.83. The van der Waals surface area contributed by atoms with E-state index >= 15 is 0 Å². The highest BCUT2D eigenvalue weighted by Gasteiger charge is 2.36. The molecule has 0 N–H and O–H groups in total. The van der Waals surface area contributed by atoms with Crippen LogP contribution in [0.4, 0.5) is 23.4 Å². The van der Waals surface area contributed by atoms with Crippen LogP contribution in [-0.4, -0.2) is 31.3 Å². The molecule has 6 nitrogen and oxygen atoms in total. The maximum absolute atomic E-state index is 13.9. The largest absolute Gasteiger partial charge is 0.451 e. The Morgan fingerprint density at radius 1 is 1.03 bits per heavy atom. The maximum atomic E-state index is 13.9. The highest BCUT2D eigenvalue weighted by atomic mass is 19.4. The number of hydrogen-bond donors (Lipinski definition) is 0. The molecule has 6 rings (SSSR count). The van der Waals surface area contributed by atoms with Gasteiger partial charge in [-0.1, -0.05) is 0 Å². The summed E-state index contributed by atoms with van der Waals surface area (Å²) in [7, 11) is 0. The van der Waals surface area contributed by atoms with Gasteiger partial charge >= 0.3 is 6.18 Å². The molecule has 4 aromatic rings. The summed E-state index contributed by atoms with van der Waals surface area (Å²) in [5, 5.41) is 4.88. The molecule has 1 fully saturated rings. The zero-order valence-corrected chi connectivity index (χ0v) is 17.3. The number of halogens is 4. The lowest BCUT2D eigenvalue weighted by Gasteiger charge is -2.30. The van der Waals surface area contributed by atoms with Gasteiger partial charge in [0.1, 0.15) is 11.6 Å². The van der Waals surface area contributed by atoms with Crippen molar-refractivity contribution >= 4 is 16.7 Å². The minimum Gasteiger partial charge on any atom is -0.351 e. The lowest BCUT2D eigenvalue weighted by Crippen LogP contribution is -2.32. The van der Waals surface area contributed by atoms with Crippen LogP contribution < -0.4 is 4.90 Å². The Balaban J connectivity index is 1.39. The molecular weight excluding hydrogens is 436 g/mol. The van der Waals surface area contributed by atoms with E-state index < -0.39 is 17.8 Å². The molecule has 0 amide bonds. The van der Waals surface area contributed by atoms with Crippen LogP contribution in [0, 0.1) is 5.82 Å². The number of pyridine rings is 1. The van der Waals surface area contributed by atoms with Crippen molar-refractivity contribution in [2.24, 2.45) is 0 Å². The first-order chi connectivity index (χ1) is 15.8. The zero-order chi connectivity index (χ0) is 22.7. The number of anilines is 1. The number of aromatic nitrogens is 5. The molecular formula is C23H18F4N6. The van der Waals surface area contributed by atoms with Crippen LogP contribution in [0.5, 0.6) is 0 Å². The minimum atomic E-state index is -4.71. The van der Waals surface area contributed by atoms with Gasteiger partial charge in [0.05, 0.1) is 17.3 Å². The lowest BCUT2D eigenvalue weighted by atomic mass is 10.0. The summed E-state index contributed by atoms with van der Waals surface area (Å²) in [6.45, 7) is 0.717. The Morgan fingerprint density at radius 3 is 2.67 bits per heavy atom. The SMILES string of the molecule is Fc1ccc2nc(C(F)(F)F)nc(N3CCc4ncc(-c5ccn(C6CC6)n5)cc4C3)c2c1. The topological polar surface area (TPSA) is 59.7 Å². The van der Waals surface area contributed by atoms with E-state index in [0.717, 1.165) is 41.4 Å². The summed E-state index contributed by atoms with van der Waals surface area (Å²) in [5.74, 6) is -1.72. The van der Waals surface area contributed by atoms with E-state index in [1.54, 1.807) is 11.1 Å². The standard InChI is InChI=1S/C23H18F4N6/c24-15-1-4-20-17(10-15)21(30-22(29-20)23(25,26)27)32-7-5-18-14(12-32)9-13(11-28-18)19-6-8-33(31-19)16-2-3-16/h1,4,6,8-11,16H,2-3,5,7,12H2. The molecule has 0 atom stereocenters. The monoisotopic (exact) mass is 454 g/mol. The number of nitrogens with zero attached hydrogens (tertiary/aromatic N) is 6.